The number of thiophene rings is 1. The minimum atomic E-state index is -0.971. The second kappa shape index (κ2) is 6.75. The van der Waals surface area contributed by atoms with Gasteiger partial charge in [-0.05, 0) is 18.2 Å². The van der Waals surface area contributed by atoms with Gasteiger partial charge in [-0.1, -0.05) is 6.08 Å². The van der Waals surface area contributed by atoms with Crippen molar-refractivity contribution < 1.29 is 19.5 Å². The van der Waals surface area contributed by atoms with Crippen molar-refractivity contribution in [2.75, 3.05) is 0 Å². The van der Waals surface area contributed by atoms with Crippen molar-refractivity contribution in [1.29, 1.82) is 0 Å². The predicted molar refractivity (Wildman–Crippen MR) is 65.2 cm³/mol. The number of Topliss-reactive ketones (excluding diaryl/α,β-unsaturated/α-hetero) is 1. The average Bonchev–Trinajstić information content (AvgIpc) is 2.75. The van der Waals surface area contributed by atoms with E-state index in [-0.39, 0.29) is 18.6 Å². The van der Waals surface area contributed by atoms with Crippen molar-refractivity contribution in [3.63, 3.8) is 0 Å². The lowest BCUT2D eigenvalue weighted by Gasteiger charge is -1.93. The van der Waals surface area contributed by atoms with Gasteiger partial charge < -0.3 is 9.90 Å². The number of carbonyl (C=O) groups is 3. The lowest BCUT2D eigenvalue weighted by molar-refractivity contribution is -0.136. The van der Waals surface area contributed by atoms with Gasteiger partial charge in [0.1, 0.15) is 6.29 Å². The van der Waals surface area contributed by atoms with Gasteiger partial charge in [-0.25, -0.2) is 0 Å². The Morgan fingerprint density at radius 3 is 2.71 bits per heavy atom. The second-order valence-electron chi connectivity index (χ2n) is 3.32. The van der Waals surface area contributed by atoms with E-state index in [0.29, 0.717) is 11.3 Å². The fourth-order valence-corrected chi connectivity index (χ4v) is 2.08. The third-order valence-electron chi connectivity index (χ3n) is 1.98. The van der Waals surface area contributed by atoms with Crippen molar-refractivity contribution in [2.45, 2.75) is 19.3 Å². The molecule has 4 nitrogen and oxygen atoms in total. The lowest BCUT2D eigenvalue weighted by atomic mass is 10.2. The summed E-state index contributed by atoms with van der Waals surface area (Å²) in [5.41, 5.74) is 0. The molecule has 1 rings (SSSR count). The fourth-order valence-electron chi connectivity index (χ4n) is 1.18. The van der Waals surface area contributed by atoms with E-state index in [4.69, 9.17) is 5.11 Å². The monoisotopic (exact) mass is 252 g/mol. The van der Waals surface area contributed by atoms with E-state index >= 15 is 0 Å². The molecule has 0 aliphatic heterocycles. The van der Waals surface area contributed by atoms with Crippen LogP contribution in [0, 0.1) is 0 Å². The first-order chi connectivity index (χ1) is 8.13. The molecule has 0 fully saturated rings. The number of ketones is 1. The first-order valence-electron chi connectivity index (χ1n) is 5.08. The van der Waals surface area contributed by atoms with Crippen LogP contribution in [0.1, 0.15) is 33.8 Å². The number of hydrogen-bond acceptors (Lipinski definition) is 4. The molecule has 1 aromatic rings. The van der Waals surface area contributed by atoms with Gasteiger partial charge in [-0.15, -0.1) is 11.3 Å². The van der Waals surface area contributed by atoms with E-state index in [9.17, 15) is 14.4 Å². The standard InChI is InChI=1S/C12H12O4S/c13-8-2-1-3-9-4-6-11(17-9)10(14)5-7-12(15)16/h1,3-4,6,8H,2,5,7H2,(H,15,16). The lowest BCUT2D eigenvalue weighted by Crippen LogP contribution is -2.01. The normalized spacial score (nSPS) is 10.6. The summed E-state index contributed by atoms with van der Waals surface area (Å²) in [7, 11) is 0. The molecule has 0 bridgehead atoms. The van der Waals surface area contributed by atoms with Gasteiger partial charge in [0.2, 0.25) is 0 Å². The Balaban J connectivity index is 2.57. The predicted octanol–water partition coefficient (Wildman–Crippen LogP) is 2.40. The summed E-state index contributed by atoms with van der Waals surface area (Å²) in [5.74, 6) is -1.13. The van der Waals surface area contributed by atoms with Crippen molar-refractivity contribution >= 4 is 35.5 Å². The summed E-state index contributed by atoms with van der Waals surface area (Å²) in [6.45, 7) is 0. The minimum Gasteiger partial charge on any atom is -0.481 e. The summed E-state index contributed by atoms with van der Waals surface area (Å²) >= 11 is 1.30. The zero-order chi connectivity index (χ0) is 12.7. The molecule has 0 radical (unpaired) electrons. The maximum Gasteiger partial charge on any atom is 0.303 e. The van der Waals surface area contributed by atoms with E-state index in [1.54, 1.807) is 24.3 Å². The number of carboxylic acid groups (broad SMARTS) is 1. The molecule has 0 atom stereocenters. The maximum atomic E-state index is 11.6. The maximum absolute atomic E-state index is 11.6. The molecule has 0 aliphatic rings. The number of aliphatic carboxylic acids is 1. The number of aldehydes is 1. The largest absolute Gasteiger partial charge is 0.481 e. The van der Waals surface area contributed by atoms with Gasteiger partial charge in [0, 0.05) is 17.7 Å². The van der Waals surface area contributed by atoms with Gasteiger partial charge in [-0.3, -0.25) is 9.59 Å². The Labute approximate surface area is 103 Å². The third kappa shape index (κ3) is 4.74. The van der Waals surface area contributed by atoms with Crippen LogP contribution < -0.4 is 0 Å². The van der Waals surface area contributed by atoms with E-state index in [1.165, 1.54) is 11.3 Å². The van der Waals surface area contributed by atoms with Gasteiger partial charge >= 0.3 is 5.97 Å². The van der Waals surface area contributed by atoms with Crippen LogP contribution in [-0.4, -0.2) is 23.1 Å². The molecule has 0 aliphatic carbocycles. The van der Waals surface area contributed by atoms with Crippen LogP contribution in [-0.2, 0) is 9.59 Å². The molecule has 1 heterocycles. The number of allylic oxidation sites excluding steroid dienone is 1. The molecular formula is C12H12O4S. The smallest absolute Gasteiger partial charge is 0.303 e. The van der Waals surface area contributed by atoms with Crippen molar-refractivity contribution in [3.05, 3.63) is 28.0 Å². The summed E-state index contributed by atoms with van der Waals surface area (Å²) in [5, 5.41) is 8.46. The summed E-state index contributed by atoms with van der Waals surface area (Å²) < 4.78 is 0. The highest BCUT2D eigenvalue weighted by Gasteiger charge is 2.10. The molecule has 0 amide bonds. The number of rotatable bonds is 7. The van der Waals surface area contributed by atoms with Gasteiger partial charge in [-0.2, -0.15) is 0 Å². The summed E-state index contributed by atoms with van der Waals surface area (Å²) in [6, 6.07) is 3.45. The molecule has 0 spiro atoms. The van der Waals surface area contributed by atoms with Crippen LogP contribution in [0.25, 0.3) is 6.08 Å². The Bertz CT molecular complexity index is 445. The van der Waals surface area contributed by atoms with Gasteiger partial charge in [0.05, 0.1) is 11.3 Å². The molecule has 1 N–H and O–H groups in total. The van der Waals surface area contributed by atoms with Crippen molar-refractivity contribution in [2.24, 2.45) is 0 Å². The average molecular weight is 252 g/mol. The Morgan fingerprint density at radius 2 is 2.06 bits per heavy atom. The third-order valence-corrected chi connectivity index (χ3v) is 3.07. The molecule has 0 unspecified atom stereocenters. The summed E-state index contributed by atoms with van der Waals surface area (Å²) in [6.07, 6.45) is 4.50. The zero-order valence-electron chi connectivity index (χ0n) is 9.09. The number of carbonyl (C=O) groups excluding carboxylic acids is 2. The van der Waals surface area contributed by atoms with Crippen molar-refractivity contribution in [1.82, 2.24) is 0 Å². The van der Waals surface area contributed by atoms with Crippen molar-refractivity contribution in [3.8, 4) is 0 Å². The highest BCUT2D eigenvalue weighted by molar-refractivity contribution is 7.14. The molecule has 17 heavy (non-hydrogen) atoms. The van der Waals surface area contributed by atoms with E-state index in [2.05, 4.69) is 0 Å². The summed E-state index contributed by atoms with van der Waals surface area (Å²) in [4.78, 5) is 33.4. The van der Waals surface area contributed by atoms with E-state index < -0.39 is 5.97 Å². The van der Waals surface area contributed by atoms with E-state index in [0.717, 1.165) is 11.2 Å². The Morgan fingerprint density at radius 1 is 1.29 bits per heavy atom. The Kier molecular flexibility index (Phi) is 5.29. The first kappa shape index (κ1) is 13.3. The minimum absolute atomic E-state index is 0.0212. The highest BCUT2D eigenvalue weighted by atomic mass is 32.1. The molecule has 0 saturated carbocycles. The van der Waals surface area contributed by atoms with E-state index in [1.807, 2.05) is 0 Å². The fraction of sp³-hybridized carbons (Fsp3) is 0.250. The van der Waals surface area contributed by atoms with Crippen LogP contribution in [0.2, 0.25) is 0 Å². The molecule has 5 heteroatoms. The SMILES string of the molecule is O=CCC=Cc1ccc(C(=O)CCC(=O)O)s1. The zero-order valence-corrected chi connectivity index (χ0v) is 9.90. The molecule has 1 aromatic heterocycles. The topological polar surface area (TPSA) is 71.4 Å². The highest BCUT2D eigenvalue weighted by Crippen LogP contribution is 2.20. The number of carboxylic acids is 1. The Hall–Kier alpha value is -1.75. The van der Waals surface area contributed by atoms with Gasteiger partial charge in [0.15, 0.2) is 5.78 Å². The number of hydrogen-bond donors (Lipinski definition) is 1. The quantitative estimate of drug-likeness (QED) is 0.597. The molecular weight excluding hydrogens is 240 g/mol. The van der Waals surface area contributed by atoms with Crippen LogP contribution in [0.5, 0.6) is 0 Å². The molecule has 0 aromatic carbocycles. The van der Waals surface area contributed by atoms with Crippen LogP contribution in [0.15, 0.2) is 18.2 Å². The van der Waals surface area contributed by atoms with Gasteiger partial charge in [0.25, 0.3) is 0 Å². The molecule has 90 valence electrons. The van der Waals surface area contributed by atoms with Crippen LogP contribution >= 0.6 is 11.3 Å². The molecule has 0 saturated heterocycles. The first-order valence-corrected chi connectivity index (χ1v) is 5.90. The van der Waals surface area contributed by atoms with Crippen LogP contribution in [0.4, 0.5) is 0 Å². The second-order valence-corrected chi connectivity index (χ2v) is 4.44. The van der Waals surface area contributed by atoms with Crippen LogP contribution in [0.3, 0.4) is 0 Å².